The molecular weight excluding hydrogens is 748 g/mol. The van der Waals surface area contributed by atoms with Crippen molar-refractivity contribution >= 4 is 23.0 Å². The molecule has 10 N–H and O–H groups in total. The standard InChI is InChI=1S/C37H38O19/c1-50-24-9-16(4-6-19(24)41)23-12-22(44)29-21(43)10-17(11-25(29)52-23)51-36-35(33(49)31(47)26(13-38)53-36)56-37-34(32(48)30(46)27(14-39)54-37)55-28(45)7-3-15-2-5-18(40)20(42)8-15/h2-12,26-27,30-43,46-49H,13-14H2,1H3/b7-3-/t26-,27-,30+,31+,32-,33-,34+,35+,36+,37+/m0/s1. The molecule has 0 unspecified atom stereocenters. The highest BCUT2D eigenvalue weighted by Crippen LogP contribution is 2.37. The lowest BCUT2D eigenvalue weighted by molar-refractivity contribution is -0.358. The van der Waals surface area contributed by atoms with Crippen LogP contribution < -0.4 is 14.9 Å². The highest BCUT2D eigenvalue weighted by atomic mass is 16.8. The molecule has 0 radical (unpaired) electrons. The molecule has 2 aliphatic rings. The molecule has 19 nitrogen and oxygen atoms in total. The summed E-state index contributed by atoms with van der Waals surface area (Å²) in [5.41, 5.74) is -0.265. The first-order valence-electron chi connectivity index (χ1n) is 16.9. The van der Waals surface area contributed by atoms with Gasteiger partial charge in [-0.05, 0) is 42.0 Å². The monoisotopic (exact) mass is 786 g/mol. The Kier molecular flexibility index (Phi) is 12.0. The van der Waals surface area contributed by atoms with E-state index in [1.54, 1.807) is 0 Å². The molecule has 3 heterocycles. The van der Waals surface area contributed by atoms with Gasteiger partial charge in [0.15, 0.2) is 46.9 Å². The summed E-state index contributed by atoms with van der Waals surface area (Å²) in [4.78, 5) is 26.0. The van der Waals surface area contributed by atoms with Crippen LogP contribution in [0.25, 0.3) is 28.4 Å². The van der Waals surface area contributed by atoms with Gasteiger partial charge in [0.25, 0.3) is 0 Å². The molecule has 4 aromatic rings. The first-order chi connectivity index (χ1) is 26.7. The Balaban J connectivity index is 1.30. The van der Waals surface area contributed by atoms with Gasteiger partial charge in [0, 0.05) is 29.8 Å². The molecule has 2 fully saturated rings. The van der Waals surface area contributed by atoms with Gasteiger partial charge in [-0.2, -0.15) is 0 Å². The number of methoxy groups -OCH3 is 1. The Morgan fingerprint density at radius 3 is 2.07 bits per heavy atom. The number of hydrogen-bond acceptors (Lipinski definition) is 19. The van der Waals surface area contributed by atoms with Gasteiger partial charge in [-0.3, -0.25) is 4.79 Å². The van der Waals surface area contributed by atoms with Crippen LogP contribution in [-0.2, 0) is 23.7 Å². The van der Waals surface area contributed by atoms with Crippen LogP contribution >= 0.6 is 0 Å². The van der Waals surface area contributed by atoms with E-state index in [9.17, 15) is 60.7 Å². The van der Waals surface area contributed by atoms with Crippen molar-refractivity contribution in [3.05, 3.63) is 76.5 Å². The normalized spacial score (nSPS) is 28.0. The van der Waals surface area contributed by atoms with Crippen molar-refractivity contribution in [1.82, 2.24) is 0 Å². The van der Waals surface area contributed by atoms with E-state index in [2.05, 4.69) is 0 Å². The maximum absolute atomic E-state index is 13.1. The quantitative estimate of drug-likeness (QED) is 0.0523. The van der Waals surface area contributed by atoms with Crippen LogP contribution in [0, 0.1) is 0 Å². The second kappa shape index (κ2) is 16.7. The highest BCUT2D eigenvalue weighted by Gasteiger charge is 2.53. The first kappa shape index (κ1) is 40.2. The maximum Gasteiger partial charge on any atom is 0.331 e. The Hall–Kier alpha value is -5.48. The van der Waals surface area contributed by atoms with Crippen LogP contribution in [0.4, 0.5) is 0 Å². The zero-order valence-corrected chi connectivity index (χ0v) is 29.2. The molecule has 2 saturated heterocycles. The summed E-state index contributed by atoms with van der Waals surface area (Å²) in [6.45, 7) is -1.69. The third-order valence-electron chi connectivity index (χ3n) is 9.10. The largest absolute Gasteiger partial charge is 0.507 e. The molecular formula is C37H38O19. The van der Waals surface area contributed by atoms with Crippen LogP contribution in [0.2, 0.25) is 0 Å². The maximum atomic E-state index is 13.1. The molecule has 56 heavy (non-hydrogen) atoms. The topological polar surface area (TPSA) is 305 Å². The fraction of sp³-hybridized carbons (Fsp3) is 0.351. The van der Waals surface area contributed by atoms with Crippen molar-refractivity contribution in [2.24, 2.45) is 0 Å². The number of aliphatic hydroxyl groups is 6. The predicted octanol–water partition coefficient (Wildman–Crippen LogP) is -0.442. The molecule has 2 aliphatic heterocycles. The Morgan fingerprint density at radius 1 is 0.750 bits per heavy atom. The number of phenolic OH excluding ortho intramolecular Hbond substituents is 4. The number of benzene rings is 3. The lowest BCUT2D eigenvalue weighted by Crippen LogP contribution is -2.65. The minimum absolute atomic E-state index is 0.0108. The molecule has 300 valence electrons. The van der Waals surface area contributed by atoms with E-state index < -0.39 is 103 Å². The SMILES string of the molecule is COc1cc(-c2cc(=O)c3c(O)cc(O[C@@H]4O[C@@H](CO)[C@@H](O)[C@H](O)[C@H]4O[C@H]4O[C@@H](CO)[C@@H](O)[C@H](O)[C@H]4OC(=O)/C=C\c4ccc(O)c(O)c4)cc3o2)ccc1O. The first-order valence-corrected chi connectivity index (χ1v) is 16.9. The van der Waals surface area contributed by atoms with Crippen LogP contribution in [-0.4, -0.2) is 139 Å². The van der Waals surface area contributed by atoms with Crippen molar-refractivity contribution in [1.29, 1.82) is 0 Å². The molecule has 19 heteroatoms. The zero-order valence-electron chi connectivity index (χ0n) is 29.2. The third-order valence-corrected chi connectivity index (χ3v) is 9.10. The van der Waals surface area contributed by atoms with Crippen LogP contribution in [0.15, 0.2) is 69.9 Å². The van der Waals surface area contributed by atoms with Gasteiger partial charge in [-0.1, -0.05) is 6.07 Å². The molecule has 10 atom stereocenters. The highest BCUT2D eigenvalue weighted by molar-refractivity contribution is 5.87. The minimum atomic E-state index is -1.96. The van der Waals surface area contributed by atoms with E-state index in [4.69, 9.17) is 32.8 Å². The van der Waals surface area contributed by atoms with E-state index in [-0.39, 0.29) is 39.5 Å². The van der Waals surface area contributed by atoms with E-state index in [0.717, 1.165) is 24.3 Å². The Labute approximate surface area is 315 Å². The summed E-state index contributed by atoms with van der Waals surface area (Å²) >= 11 is 0. The van der Waals surface area contributed by atoms with Crippen LogP contribution in [0.3, 0.4) is 0 Å². The number of carbonyl (C=O) groups excluding carboxylic acids is 1. The van der Waals surface area contributed by atoms with E-state index >= 15 is 0 Å². The number of ether oxygens (including phenoxy) is 6. The van der Waals surface area contributed by atoms with E-state index in [0.29, 0.717) is 5.56 Å². The third kappa shape index (κ3) is 8.21. The van der Waals surface area contributed by atoms with Crippen molar-refractivity contribution in [3.63, 3.8) is 0 Å². The Bertz CT molecular complexity index is 2130. The number of phenols is 4. The summed E-state index contributed by atoms with van der Waals surface area (Å²) in [6, 6.07) is 11.2. The fourth-order valence-corrected chi connectivity index (χ4v) is 6.14. The minimum Gasteiger partial charge on any atom is -0.507 e. The summed E-state index contributed by atoms with van der Waals surface area (Å²) < 4.78 is 39.6. The number of aromatic hydroxyl groups is 4. The van der Waals surface area contributed by atoms with E-state index in [1.807, 2.05) is 0 Å². The van der Waals surface area contributed by atoms with Crippen molar-refractivity contribution < 1.29 is 88.7 Å². The Morgan fingerprint density at radius 2 is 1.41 bits per heavy atom. The summed E-state index contributed by atoms with van der Waals surface area (Å²) in [5.74, 6) is -2.93. The van der Waals surface area contributed by atoms with Gasteiger partial charge < -0.3 is 83.9 Å². The molecule has 3 aromatic carbocycles. The zero-order chi connectivity index (χ0) is 40.4. The number of aliphatic hydroxyl groups excluding tert-OH is 6. The molecule has 6 rings (SSSR count). The van der Waals surface area contributed by atoms with Gasteiger partial charge in [0.1, 0.15) is 64.9 Å². The molecule has 1 aromatic heterocycles. The molecule has 0 bridgehead atoms. The summed E-state index contributed by atoms with van der Waals surface area (Å²) in [7, 11) is 1.33. The number of fused-ring (bicyclic) bond motifs is 1. The molecule has 0 spiro atoms. The van der Waals surface area contributed by atoms with Gasteiger partial charge >= 0.3 is 5.97 Å². The second-order valence-corrected chi connectivity index (χ2v) is 12.8. The number of esters is 1. The smallest absolute Gasteiger partial charge is 0.331 e. The second-order valence-electron chi connectivity index (χ2n) is 12.8. The van der Waals surface area contributed by atoms with Gasteiger partial charge in [0.2, 0.25) is 6.29 Å². The molecule has 0 saturated carbocycles. The average Bonchev–Trinajstić information content (AvgIpc) is 3.17. The number of hydrogen-bond donors (Lipinski definition) is 10. The van der Waals surface area contributed by atoms with Crippen molar-refractivity contribution in [3.8, 4) is 45.8 Å². The predicted molar refractivity (Wildman–Crippen MR) is 188 cm³/mol. The number of carbonyl (C=O) groups is 1. The van der Waals surface area contributed by atoms with E-state index in [1.165, 1.54) is 49.6 Å². The average molecular weight is 787 g/mol. The lowest BCUT2D eigenvalue weighted by atomic mass is 9.97. The van der Waals surface area contributed by atoms with Crippen LogP contribution in [0.1, 0.15) is 5.56 Å². The van der Waals surface area contributed by atoms with Gasteiger partial charge in [-0.25, -0.2) is 4.79 Å². The molecule has 0 amide bonds. The van der Waals surface area contributed by atoms with Crippen LogP contribution in [0.5, 0.6) is 34.5 Å². The van der Waals surface area contributed by atoms with Gasteiger partial charge in [0.05, 0.1) is 20.3 Å². The van der Waals surface area contributed by atoms with Gasteiger partial charge in [-0.15, -0.1) is 0 Å². The van der Waals surface area contributed by atoms with Crippen molar-refractivity contribution in [2.45, 2.75) is 61.4 Å². The van der Waals surface area contributed by atoms with Crippen molar-refractivity contribution in [2.75, 3.05) is 20.3 Å². The summed E-state index contributed by atoms with van der Waals surface area (Å²) in [5, 5.41) is 103. The summed E-state index contributed by atoms with van der Waals surface area (Å²) in [6.07, 6.45) is -15.8. The number of rotatable bonds is 11. The lowest BCUT2D eigenvalue weighted by Gasteiger charge is -2.46. The molecule has 0 aliphatic carbocycles. The fourth-order valence-electron chi connectivity index (χ4n) is 6.14.